The van der Waals surface area contributed by atoms with Gasteiger partial charge in [-0.15, -0.1) is 11.3 Å². The number of fused-ring (bicyclic) bond motifs is 1. The summed E-state index contributed by atoms with van der Waals surface area (Å²) >= 11 is 1.46. The second-order valence-electron chi connectivity index (χ2n) is 5.14. The van der Waals surface area contributed by atoms with Crippen LogP contribution >= 0.6 is 11.3 Å². The van der Waals surface area contributed by atoms with Crippen molar-refractivity contribution in [1.82, 2.24) is 4.90 Å². The van der Waals surface area contributed by atoms with E-state index < -0.39 is 6.04 Å². The van der Waals surface area contributed by atoms with Crippen LogP contribution in [0.4, 0.5) is 0 Å². The van der Waals surface area contributed by atoms with E-state index in [4.69, 9.17) is 9.47 Å². The molecule has 2 aromatic rings. The molecule has 114 valence electrons. The number of aryl methyl sites for hydroxylation is 1. The molecule has 1 aliphatic heterocycles. The van der Waals surface area contributed by atoms with Gasteiger partial charge in [0.05, 0.1) is 31.3 Å². The highest BCUT2D eigenvalue weighted by Gasteiger charge is 2.30. The van der Waals surface area contributed by atoms with Crippen molar-refractivity contribution in [2.45, 2.75) is 13.0 Å². The number of nitriles is 1. The predicted octanol–water partition coefficient (Wildman–Crippen LogP) is 2.58. The molecule has 5 nitrogen and oxygen atoms in total. The average molecular weight is 316 g/mol. The minimum absolute atomic E-state index is 0.0903. The summed E-state index contributed by atoms with van der Waals surface area (Å²) in [7, 11) is 1.63. The number of hydrogen-bond donors (Lipinski definition) is 0. The SMILES string of the molecule is COc1ccc2sc(C(=O)N3CCOC[C@@H]3C#N)c(C)c2c1. The summed E-state index contributed by atoms with van der Waals surface area (Å²) in [5.74, 6) is 0.682. The molecular formula is C16H16N2O3S. The molecule has 22 heavy (non-hydrogen) atoms. The quantitative estimate of drug-likeness (QED) is 0.854. The van der Waals surface area contributed by atoms with Gasteiger partial charge in [0, 0.05) is 11.2 Å². The van der Waals surface area contributed by atoms with Gasteiger partial charge in [0.15, 0.2) is 0 Å². The first-order chi connectivity index (χ1) is 10.7. The van der Waals surface area contributed by atoms with Crippen molar-refractivity contribution < 1.29 is 14.3 Å². The van der Waals surface area contributed by atoms with Crippen molar-refractivity contribution in [3.8, 4) is 11.8 Å². The van der Waals surface area contributed by atoms with Crippen molar-refractivity contribution in [1.29, 1.82) is 5.26 Å². The van der Waals surface area contributed by atoms with Crippen molar-refractivity contribution in [3.63, 3.8) is 0 Å². The topological polar surface area (TPSA) is 62.6 Å². The molecule has 0 N–H and O–H groups in total. The fourth-order valence-electron chi connectivity index (χ4n) is 2.62. The lowest BCUT2D eigenvalue weighted by Gasteiger charge is -2.31. The zero-order chi connectivity index (χ0) is 15.7. The van der Waals surface area contributed by atoms with E-state index in [1.54, 1.807) is 12.0 Å². The first-order valence-corrected chi connectivity index (χ1v) is 7.83. The molecular weight excluding hydrogens is 300 g/mol. The molecule has 1 atom stereocenters. The zero-order valence-electron chi connectivity index (χ0n) is 12.5. The van der Waals surface area contributed by atoms with E-state index in [1.807, 2.05) is 25.1 Å². The summed E-state index contributed by atoms with van der Waals surface area (Å²) in [5.41, 5.74) is 0.937. The molecule has 1 aromatic carbocycles. The summed E-state index contributed by atoms with van der Waals surface area (Å²) in [6, 6.07) is 7.42. The van der Waals surface area contributed by atoms with Gasteiger partial charge in [-0.1, -0.05) is 0 Å². The highest BCUT2D eigenvalue weighted by Crippen LogP contribution is 2.34. The number of methoxy groups -OCH3 is 1. The van der Waals surface area contributed by atoms with Gasteiger partial charge in [-0.25, -0.2) is 0 Å². The number of carbonyl (C=O) groups is 1. The maximum atomic E-state index is 12.8. The molecule has 6 heteroatoms. The summed E-state index contributed by atoms with van der Waals surface area (Å²) in [4.78, 5) is 15.1. The molecule has 1 saturated heterocycles. The van der Waals surface area contributed by atoms with Crippen LogP contribution in [-0.4, -0.2) is 43.7 Å². The minimum Gasteiger partial charge on any atom is -0.497 e. The number of carbonyl (C=O) groups excluding carboxylic acids is 1. The Kier molecular flexibility index (Phi) is 4.01. The lowest BCUT2D eigenvalue weighted by Crippen LogP contribution is -2.47. The monoisotopic (exact) mass is 316 g/mol. The first kappa shape index (κ1) is 14.8. The van der Waals surface area contributed by atoms with E-state index in [0.29, 0.717) is 18.0 Å². The molecule has 1 amide bonds. The number of thiophene rings is 1. The van der Waals surface area contributed by atoms with Gasteiger partial charge in [-0.3, -0.25) is 4.79 Å². The highest BCUT2D eigenvalue weighted by atomic mass is 32.1. The average Bonchev–Trinajstić information content (AvgIpc) is 2.90. The number of nitrogens with zero attached hydrogens (tertiary/aromatic N) is 2. The molecule has 3 rings (SSSR count). The highest BCUT2D eigenvalue weighted by molar-refractivity contribution is 7.21. The van der Waals surface area contributed by atoms with Gasteiger partial charge in [0.1, 0.15) is 11.8 Å². The second-order valence-corrected chi connectivity index (χ2v) is 6.19. The number of hydrogen-bond acceptors (Lipinski definition) is 5. The Morgan fingerprint density at radius 2 is 2.36 bits per heavy atom. The Morgan fingerprint density at radius 3 is 3.09 bits per heavy atom. The van der Waals surface area contributed by atoms with E-state index in [1.165, 1.54) is 11.3 Å². The van der Waals surface area contributed by atoms with E-state index in [2.05, 4.69) is 6.07 Å². The van der Waals surface area contributed by atoms with Crippen molar-refractivity contribution in [3.05, 3.63) is 28.6 Å². The van der Waals surface area contributed by atoms with Crippen LogP contribution in [0.1, 0.15) is 15.2 Å². The molecule has 0 spiro atoms. The molecule has 1 aliphatic rings. The standard InChI is InChI=1S/C16H16N2O3S/c1-10-13-7-12(20-2)3-4-14(13)22-15(10)16(19)18-5-6-21-9-11(18)8-17/h3-4,7,11H,5-6,9H2,1-2H3/t11-/m0/s1. The third-order valence-corrected chi connectivity index (χ3v) is 5.14. The largest absolute Gasteiger partial charge is 0.497 e. The van der Waals surface area contributed by atoms with E-state index in [9.17, 15) is 10.1 Å². The van der Waals surface area contributed by atoms with Crippen LogP contribution < -0.4 is 4.74 Å². The fourth-order valence-corrected chi connectivity index (χ4v) is 3.76. The van der Waals surface area contributed by atoms with E-state index in [-0.39, 0.29) is 12.5 Å². The maximum absolute atomic E-state index is 12.8. The Balaban J connectivity index is 2.00. The van der Waals surface area contributed by atoms with Gasteiger partial charge < -0.3 is 14.4 Å². The first-order valence-electron chi connectivity index (χ1n) is 7.01. The van der Waals surface area contributed by atoms with Crippen LogP contribution in [0.2, 0.25) is 0 Å². The number of rotatable bonds is 2. The molecule has 2 heterocycles. The zero-order valence-corrected chi connectivity index (χ0v) is 13.3. The maximum Gasteiger partial charge on any atom is 0.265 e. The second kappa shape index (κ2) is 5.95. The summed E-state index contributed by atoms with van der Waals surface area (Å²) in [5, 5.41) is 10.2. The Bertz CT molecular complexity index is 763. The Labute approximate surface area is 132 Å². The van der Waals surface area contributed by atoms with Gasteiger partial charge in [0.25, 0.3) is 5.91 Å². The van der Waals surface area contributed by atoms with Crippen molar-refractivity contribution >= 4 is 27.3 Å². The lowest BCUT2D eigenvalue weighted by atomic mass is 10.1. The smallest absolute Gasteiger partial charge is 0.265 e. The summed E-state index contributed by atoms with van der Waals surface area (Å²) in [6.45, 7) is 3.14. The van der Waals surface area contributed by atoms with Crippen molar-refractivity contribution in [2.75, 3.05) is 26.9 Å². The molecule has 0 radical (unpaired) electrons. The van der Waals surface area contributed by atoms with Crippen LogP contribution in [-0.2, 0) is 4.74 Å². The third kappa shape index (κ3) is 2.43. The van der Waals surface area contributed by atoms with Gasteiger partial charge in [0.2, 0.25) is 0 Å². The van der Waals surface area contributed by atoms with Crippen LogP contribution in [0.5, 0.6) is 5.75 Å². The van der Waals surface area contributed by atoms with Crippen LogP contribution in [0.3, 0.4) is 0 Å². The summed E-state index contributed by atoms with van der Waals surface area (Å²) < 4.78 is 11.6. The predicted molar refractivity (Wildman–Crippen MR) is 84.4 cm³/mol. The summed E-state index contributed by atoms with van der Waals surface area (Å²) in [6.07, 6.45) is 0. The molecule has 1 fully saturated rings. The van der Waals surface area contributed by atoms with E-state index >= 15 is 0 Å². The van der Waals surface area contributed by atoms with Gasteiger partial charge in [-0.2, -0.15) is 5.26 Å². The molecule has 0 bridgehead atoms. The number of benzene rings is 1. The number of amides is 1. The molecule has 0 saturated carbocycles. The van der Waals surface area contributed by atoms with E-state index in [0.717, 1.165) is 21.4 Å². The normalized spacial score (nSPS) is 18.2. The lowest BCUT2D eigenvalue weighted by molar-refractivity contribution is 0.0135. The van der Waals surface area contributed by atoms with Gasteiger partial charge >= 0.3 is 0 Å². The number of ether oxygens (including phenoxy) is 2. The van der Waals surface area contributed by atoms with Gasteiger partial charge in [-0.05, 0) is 36.1 Å². The van der Waals surface area contributed by atoms with Crippen LogP contribution in [0.25, 0.3) is 10.1 Å². The fraction of sp³-hybridized carbons (Fsp3) is 0.375. The molecule has 0 unspecified atom stereocenters. The van der Waals surface area contributed by atoms with Crippen molar-refractivity contribution in [2.24, 2.45) is 0 Å². The van der Waals surface area contributed by atoms with Crippen LogP contribution in [0.15, 0.2) is 18.2 Å². The Hall–Kier alpha value is -2.10. The Morgan fingerprint density at radius 1 is 1.55 bits per heavy atom. The molecule has 0 aliphatic carbocycles. The number of morpholine rings is 1. The molecule has 1 aromatic heterocycles. The minimum atomic E-state index is -0.514. The third-order valence-electron chi connectivity index (χ3n) is 3.88. The van der Waals surface area contributed by atoms with Crippen LogP contribution in [0, 0.1) is 18.3 Å².